The van der Waals surface area contributed by atoms with Gasteiger partial charge in [-0.1, -0.05) is 29.8 Å². The molecule has 0 bridgehead atoms. The maximum absolute atomic E-state index is 12.6. The number of benzene rings is 1. The van der Waals surface area contributed by atoms with Crippen molar-refractivity contribution in [3.05, 3.63) is 46.5 Å². The van der Waals surface area contributed by atoms with Crippen molar-refractivity contribution in [3.63, 3.8) is 0 Å². The van der Waals surface area contributed by atoms with Crippen molar-refractivity contribution >= 4 is 23.4 Å². The second kappa shape index (κ2) is 10.1. The van der Waals surface area contributed by atoms with Crippen molar-refractivity contribution in [1.29, 1.82) is 0 Å². The fraction of sp³-hybridized carbons (Fsp3) is 0.333. The maximum Gasteiger partial charge on any atom is 0.342 e. The first-order chi connectivity index (χ1) is 13.0. The summed E-state index contributed by atoms with van der Waals surface area (Å²) in [6.07, 6.45) is 7.85. The molecule has 1 N–H and O–H groups in total. The van der Waals surface area contributed by atoms with Crippen LogP contribution in [0.4, 0.5) is 4.53 Å². The molecular formula is C18H18ClFO7. The Hall–Kier alpha value is -2.42. The second-order valence-corrected chi connectivity index (χ2v) is 6.20. The Bertz CT molecular complexity index is 761. The number of allylic oxidation sites excluding steroid dienone is 3. The fourth-order valence-corrected chi connectivity index (χ4v) is 2.80. The zero-order chi connectivity index (χ0) is 19.8. The minimum atomic E-state index is -0.891. The Morgan fingerprint density at radius 2 is 1.96 bits per heavy atom. The molecule has 27 heavy (non-hydrogen) atoms. The predicted molar refractivity (Wildman–Crippen MR) is 93.2 cm³/mol. The van der Waals surface area contributed by atoms with Gasteiger partial charge in [0, 0.05) is 29.6 Å². The smallest absolute Gasteiger partial charge is 0.342 e. The van der Waals surface area contributed by atoms with Crippen molar-refractivity contribution in [3.8, 4) is 11.5 Å². The van der Waals surface area contributed by atoms with E-state index in [1.807, 2.05) is 12.2 Å². The van der Waals surface area contributed by atoms with E-state index in [0.29, 0.717) is 12.8 Å². The summed E-state index contributed by atoms with van der Waals surface area (Å²) in [5.74, 6) is -2.07. The number of fused-ring (bicyclic) bond motifs is 1. The van der Waals surface area contributed by atoms with Crippen LogP contribution in [0.3, 0.4) is 0 Å². The van der Waals surface area contributed by atoms with E-state index in [1.54, 1.807) is 13.0 Å². The van der Waals surface area contributed by atoms with Crippen LogP contribution >= 0.6 is 11.6 Å². The lowest BCUT2D eigenvalue weighted by Gasteiger charge is -2.17. The number of halogens is 2. The minimum absolute atomic E-state index is 0.0466. The molecule has 7 nitrogen and oxygen atoms in total. The molecule has 1 aliphatic rings. The van der Waals surface area contributed by atoms with Gasteiger partial charge >= 0.3 is 5.97 Å². The van der Waals surface area contributed by atoms with Gasteiger partial charge in [-0.15, -0.1) is 0 Å². The number of carbonyl (C=O) groups is 2. The van der Waals surface area contributed by atoms with Crippen molar-refractivity contribution in [2.75, 3.05) is 0 Å². The third-order valence-corrected chi connectivity index (χ3v) is 4.23. The van der Waals surface area contributed by atoms with E-state index < -0.39 is 17.8 Å². The third-order valence-electron chi connectivity index (χ3n) is 3.81. The van der Waals surface area contributed by atoms with Gasteiger partial charge < -0.3 is 14.5 Å². The molecule has 1 atom stereocenters. The highest BCUT2D eigenvalue weighted by atomic mass is 35.5. The van der Waals surface area contributed by atoms with E-state index in [-0.39, 0.29) is 34.1 Å². The number of hydrogen-bond donors (Lipinski definition) is 1. The van der Waals surface area contributed by atoms with Crippen LogP contribution in [0, 0.1) is 0 Å². The van der Waals surface area contributed by atoms with Crippen LogP contribution in [-0.2, 0) is 21.0 Å². The van der Waals surface area contributed by atoms with Crippen LogP contribution < -0.4 is 9.78 Å². The van der Waals surface area contributed by atoms with E-state index in [1.165, 1.54) is 6.08 Å². The first-order valence-corrected chi connectivity index (χ1v) is 8.53. The van der Waals surface area contributed by atoms with Gasteiger partial charge in [-0.2, -0.15) is 0 Å². The number of hydrogen-bond acceptors (Lipinski definition) is 7. The third kappa shape index (κ3) is 5.53. The van der Waals surface area contributed by atoms with Crippen LogP contribution in [-0.4, -0.2) is 23.1 Å². The van der Waals surface area contributed by atoms with Crippen LogP contribution in [0.15, 0.2) is 30.4 Å². The van der Waals surface area contributed by atoms with Crippen LogP contribution in [0.25, 0.3) is 0 Å². The van der Waals surface area contributed by atoms with E-state index in [9.17, 15) is 14.1 Å². The van der Waals surface area contributed by atoms with Gasteiger partial charge in [0.15, 0.2) is 17.3 Å². The van der Waals surface area contributed by atoms with Gasteiger partial charge in [-0.25, -0.2) is 10.1 Å². The number of cyclic esters (lactones) is 1. The SMILES string of the molecule is CC1C/C=C/CC/C=C/C(=O)Cc2c(Cl)c(OO)cc(OOF)c2C(=O)O1. The summed E-state index contributed by atoms with van der Waals surface area (Å²) >= 11 is 6.15. The summed E-state index contributed by atoms with van der Waals surface area (Å²) in [4.78, 5) is 33.4. The van der Waals surface area contributed by atoms with Crippen LogP contribution in [0.2, 0.25) is 5.02 Å². The molecule has 1 heterocycles. The van der Waals surface area contributed by atoms with E-state index >= 15 is 0 Å². The summed E-state index contributed by atoms with van der Waals surface area (Å²) in [5.41, 5.74) is -0.345. The maximum atomic E-state index is 12.6. The first-order valence-electron chi connectivity index (χ1n) is 8.15. The van der Waals surface area contributed by atoms with Crippen LogP contribution in [0.1, 0.15) is 42.1 Å². The number of ether oxygens (including phenoxy) is 1. The molecule has 1 aromatic carbocycles. The van der Waals surface area contributed by atoms with Crippen molar-refractivity contribution in [2.24, 2.45) is 0 Å². The molecule has 0 radical (unpaired) electrons. The predicted octanol–water partition coefficient (Wildman–Crippen LogP) is 4.34. The second-order valence-electron chi connectivity index (χ2n) is 5.82. The average molecular weight is 401 g/mol. The van der Waals surface area contributed by atoms with Gasteiger partial charge in [0.25, 0.3) is 0 Å². The van der Waals surface area contributed by atoms with Crippen molar-refractivity contribution in [1.82, 2.24) is 0 Å². The van der Waals surface area contributed by atoms with E-state index in [2.05, 4.69) is 14.9 Å². The van der Waals surface area contributed by atoms with Crippen molar-refractivity contribution in [2.45, 2.75) is 38.7 Å². The fourth-order valence-electron chi connectivity index (χ4n) is 2.55. The summed E-state index contributed by atoms with van der Waals surface area (Å²) in [7, 11) is 0. The molecule has 0 saturated heterocycles. The topological polar surface area (TPSA) is 91.3 Å². The summed E-state index contributed by atoms with van der Waals surface area (Å²) in [6.45, 7) is 1.68. The highest BCUT2D eigenvalue weighted by Crippen LogP contribution is 2.38. The Labute approximate surface area is 159 Å². The van der Waals surface area contributed by atoms with Gasteiger partial charge in [0.2, 0.25) is 0 Å². The Morgan fingerprint density at radius 3 is 2.67 bits per heavy atom. The van der Waals surface area contributed by atoms with E-state index in [4.69, 9.17) is 21.6 Å². The molecule has 0 saturated carbocycles. The summed E-state index contributed by atoms with van der Waals surface area (Å²) in [5, 5.41) is 11.9. The Balaban J connectivity index is 2.58. The standard InChI is InChI=1S/C18H18ClFO7/c1-11-7-5-3-2-4-6-8-12(21)9-13-16(18(22)24-11)14(26-27-20)10-15(25-23)17(13)19/h3,5-6,8,10-11,23H,2,4,7,9H2,1H3/b5-3+,8-6+. The zero-order valence-corrected chi connectivity index (χ0v) is 15.2. The number of rotatable bonds is 3. The number of esters is 1. The quantitative estimate of drug-likeness (QED) is 0.349. The van der Waals surface area contributed by atoms with Gasteiger partial charge in [-0.05, 0) is 30.4 Å². The lowest BCUT2D eigenvalue weighted by atomic mass is 9.99. The monoisotopic (exact) mass is 400 g/mol. The summed E-state index contributed by atoms with van der Waals surface area (Å²) in [6, 6.07) is 0.940. The van der Waals surface area contributed by atoms with Gasteiger partial charge in [0.05, 0.1) is 5.02 Å². The number of carbonyl (C=O) groups excluding carboxylic acids is 2. The lowest BCUT2D eigenvalue weighted by Crippen LogP contribution is -2.18. The summed E-state index contributed by atoms with van der Waals surface area (Å²) < 4.78 is 17.6. The van der Waals surface area contributed by atoms with Crippen LogP contribution in [0.5, 0.6) is 11.5 Å². The van der Waals surface area contributed by atoms with Gasteiger partial charge in [0.1, 0.15) is 11.7 Å². The average Bonchev–Trinajstić information content (AvgIpc) is 2.62. The molecule has 0 aromatic heterocycles. The minimum Gasteiger partial charge on any atom is -0.459 e. The molecule has 2 rings (SSSR count). The Morgan fingerprint density at radius 1 is 1.22 bits per heavy atom. The highest BCUT2D eigenvalue weighted by molar-refractivity contribution is 6.33. The molecule has 146 valence electrons. The molecule has 0 spiro atoms. The molecule has 1 aromatic rings. The zero-order valence-electron chi connectivity index (χ0n) is 14.4. The Kier molecular flexibility index (Phi) is 7.78. The highest BCUT2D eigenvalue weighted by Gasteiger charge is 2.28. The molecular weight excluding hydrogens is 383 g/mol. The molecule has 0 aliphatic carbocycles. The lowest BCUT2D eigenvalue weighted by molar-refractivity contribution is -0.368. The largest absolute Gasteiger partial charge is 0.459 e. The first kappa shape index (κ1) is 20.9. The molecule has 0 amide bonds. The molecule has 1 aliphatic heterocycles. The molecule has 0 fully saturated rings. The molecule has 9 heteroatoms. The normalized spacial score (nSPS) is 20.8. The van der Waals surface area contributed by atoms with Gasteiger partial charge in [-0.3, -0.25) is 4.79 Å². The molecule has 1 unspecified atom stereocenters. The van der Waals surface area contributed by atoms with E-state index in [0.717, 1.165) is 12.5 Å². The number of ketones is 1. The van der Waals surface area contributed by atoms with Crippen molar-refractivity contribution < 1.29 is 39.0 Å².